The molecule has 0 heterocycles. The highest BCUT2D eigenvalue weighted by atomic mass is 35.5. The first-order valence-corrected chi connectivity index (χ1v) is 7.14. The van der Waals surface area contributed by atoms with Gasteiger partial charge in [0.05, 0.1) is 16.5 Å². The Morgan fingerprint density at radius 1 is 1.32 bits per heavy atom. The van der Waals surface area contributed by atoms with Crippen LogP contribution in [0.3, 0.4) is 0 Å². The van der Waals surface area contributed by atoms with Crippen molar-refractivity contribution in [2.45, 2.75) is 18.2 Å². The number of nitrogens with one attached hydrogen (secondary N) is 2. The summed E-state index contributed by atoms with van der Waals surface area (Å²) in [4.78, 5) is 0.228. The van der Waals surface area contributed by atoms with E-state index in [4.69, 9.17) is 5.26 Å². The largest absolute Gasteiger partial charge is 0.320 e. The van der Waals surface area contributed by atoms with Gasteiger partial charge in [0, 0.05) is 6.54 Å². The van der Waals surface area contributed by atoms with Crippen LogP contribution in [0.25, 0.3) is 0 Å². The first kappa shape index (κ1) is 17.9. The summed E-state index contributed by atoms with van der Waals surface area (Å²) in [5.74, 6) is 0. The second-order valence-corrected chi connectivity index (χ2v) is 5.68. The normalized spacial score (nSPS) is 10.6. The van der Waals surface area contributed by atoms with E-state index in [1.165, 1.54) is 12.1 Å². The van der Waals surface area contributed by atoms with E-state index in [2.05, 4.69) is 10.0 Å². The third-order valence-corrected chi connectivity index (χ3v) is 4.11. The van der Waals surface area contributed by atoms with Gasteiger partial charge in [-0.1, -0.05) is 0 Å². The van der Waals surface area contributed by atoms with Gasteiger partial charge in [-0.2, -0.15) is 5.26 Å². The van der Waals surface area contributed by atoms with E-state index in [0.29, 0.717) is 17.7 Å². The molecule has 1 rings (SSSR count). The molecule has 0 aliphatic rings. The van der Waals surface area contributed by atoms with Gasteiger partial charge in [0.2, 0.25) is 10.0 Å². The minimum absolute atomic E-state index is 0. The van der Waals surface area contributed by atoms with E-state index in [1.54, 1.807) is 13.0 Å². The maximum absolute atomic E-state index is 12.0. The zero-order chi connectivity index (χ0) is 13.6. The van der Waals surface area contributed by atoms with Crippen molar-refractivity contribution < 1.29 is 8.42 Å². The minimum Gasteiger partial charge on any atom is -0.320 e. The predicted octanol–water partition coefficient (Wildman–Crippen LogP) is 1.18. The van der Waals surface area contributed by atoms with Gasteiger partial charge in [-0.05, 0) is 50.7 Å². The zero-order valence-electron chi connectivity index (χ0n) is 10.9. The number of benzene rings is 1. The number of halogens is 1. The second kappa shape index (κ2) is 8.12. The summed E-state index contributed by atoms with van der Waals surface area (Å²) in [6.45, 7) is 2.83. The molecular weight excluding hydrogens is 286 g/mol. The minimum atomic E-state index is -3.48. The Balaban J connectivity index is 0.00000324. The fourth-order valence-corrected chi connectivity index (χ4v) is 2.87. The van der Waals surface area contributed by atoms with Crippen LogP contribution in [0.15, 0.2) is 23.1 Å². The molecule has 0 saturated carbocycles. The molecule has 19 heavy (non-hydrogen) atoms. The van der Waals surface area contributed by atoms with E-state index >= 15 is 0 Å². The molecule has 7 heteroatoms. The summed E-state index contributed by atoms with van der Waals surface area (Å²) in [7, 11) is -1.66. The first-order valence-electron chi connectivity index (χ1n) is 5.66. The number of sulfonamides is 1. The number of aryl methyl sites for hydroxylation is 1. The van der Waals surface area contributed by atoms with Crippen LogP contribution in [0.5, 0.6) is 0 Å². The van der Waals surface area contributed by atoms with Crippen LogP contribution >= 0.6 is 12.4 Å². The average Bonchev–Trinajstić information content (AvgIpc) is 2.34. The Morgan fingerprint density at radius 3 is 2.53 bits per heavy atom. The van der Waals surface area contributed by atoms with Crippen molar-refractivity contribution in [1.29, 1.82) is 5.26 Å². The lowest BCUT2D eigenvalue weighted by Crippen LogP contribution is -2.27. The van der Waals surface area contributed by atoms with Crippen molar-refractivity contribution in [3.8, 4) is 6.07 Å². The number of hydrogen-bond donors (Lipinski definition) is 2. The molecule has 0 atom stereocenters. The van der Waals surface area contributed by atoms with Crippen LogP contribution in [0.4, 0.5) is 0 Å². The Hall–Kier alpha value is -1.13. The number of rotatable bonds is 6. The molecule has 0 bridgehead atoms. The van der Waals surface area contributed by atoms with Crippen molar-refractivity contribution in [2.75, 3.05) is 20.1 Å². The summed E-state index contributed by atoms with van der Waals surface area (Å²) < 4.78 is 26.5. The molecule has 0 amide bonds. The lowest BCUT2D eigenvalue weighted by molar-refractivity contribution is 0.576. The Morgan fingerprint density at radius 2 is 2.00 bits per heavy atom. The van der Waals surface area contributed by atoms with Crippen LogP contribution in [0, 0.1) is 18.3 Å². The number of nitrogens with zero attached hydrogens (tertiary/aromatic N) is 1. The third kappa shape index (κ3) is 5.17. The van der Waals surface area contributed by atoms with E-state index in [1.807, 2.05) is 13.1 Å². The Kier molecular flexibility index (Phi) is 7.64. The van der Waals surface area contributed by atoms with E-state index < -0.39 is 10.0 Å². The van der Waals surface area contributed by atoms with Gasteiger partial charge in [0.15, 0.2) is 0 Å². The van der Waals surface area contributed by atoms with Gasteiger partial charge in [-0.3, -0.25) is 0 Å². The number of nitriles is 1. The predicted molar refractivity (Wildman–Crippen MR) is 76.9 cm³/mol. The van der Waals surface area contributed by atoms with Crippen LogP contribution < -0.4 is 10.0 Å². The van der Waals surface area contributed by atoms with Gasteiger partial charge in [-0.25, -0.2) is 13.1 Å². The fraction of sp³-hybridized carbons (Fsp3) is 0.417. The molecule has 0 fully saturated rings. The highest BCUT2D eigenvalue weighted by Crippen LogP contribution is 2.16. The summed E-state index contributed by atoms with van der Waals surface area (Å²) >= 11 is 0. The van der Waals surface area contributed by atoms with Crippen LogP contribution in [0.1, 0.15) is 17.5 Å². The van der Waals surface area contributed by atoms with Gasteiger partial charge < -0.3 is 5.32 Å². The molecule has 0 aromatic heterocycles. The fourth-order valence-electron chi connectivity index (χ4n) is 1.57. The quantitative estimate of drug-likeness (QED) is 0.773. The maximum atomic E-state index is 12.0. The van der Waals surface area contributed by atoms with E-state index in [0.717, 1.165) is 13.0 Å². The Bertz CT molecular complexity index is 553. The molecule has 0 aliphatic heterocycles. The number of hydrogen-bond acceptors (Lipinski definition) is 4. The van der Waals surface area contributed by atoms with Crippen molar-refractivity contribution in [3.63, 3.8) is 0 Å². The highest BCUT2D eigenvalue weighted by molar-refractivity contribution is 7.89. The average molecular weight is 304 g/mol. The molecule has 1 aromatic carbocycles. The topological polar surface area (TPSA) is 82.0 Å². The smallest absolute Gasteiger partial charge is 0.240 e. The van der Waals surface area contributed by atoms with Crippen LogP contribution in [-0.4, -0.2) is 28.6 Å². The molecular formula is C12H18ClN3O2S. The molecule has 0 unspecified atom stereocenters. The van der Waals surface area contributed by atoms with Gasteiger partial charge in [-0.15, -0.1) is 12.4 Å². The molecule has 106 valence electrons. The SMILES string of the molecule is CNCCCNS(=O)(=O)c1ccc(C#N)cc1C.Cl. The Labute approximate surface area is 120 Å². The van der Waals surface area contributed by atoms with Crippen molar-refractivity contribution in [3.05, 3.63) is 29.3 Å². The van der Waals surface area contributed by atoms with Gasteiger partial charge >= 0.3 is 0 Å². The standard InChI is InChI=1S/C12H17N3O2S.ClH/c1-10-8-11(9-13)4-5-12(10)18(16,17)15-7-3-6-14-2;/h4-5,8,14-15H,3,6-7H2,1-2H3;1H. The lowest BCUT2D eigenvalue weighted by Gasteiger charge is -2.09. The molecule has 0 spiro atoms. The van der Waals surface area contributed by atoms with Gasteiger partial charge in [0.25, 0.3) is 0 Å². The summed E-state index contributed by atoms with van der Waals surface area (Å²) in [6, 6.07) is 6.53. The summed E-state index contributed by atoms with van der Waals surface area (Å²) in [6.07, 6.45) is 0.727. The van der Waals surface area contributed by atoms with E-state index in [-0.39, 0.29) is 17.3 Å². The van der Waals surface area contributed by atoms with Gasteiger partial charge in [0.1, 0.15) is 0 Å². The molecule has 2 N–H and O–H groups in total. The van der Waals surface area contributed by atoms with E-state index in [9.17, 15) is 8.42 Å². The van der Waals surface area contributed by atoms with Crippen molar-refractivity contribution in [2.24, 2.45) is 0 Å². The molecule has 5 nitrogen and oxygen atoms in total. The van der Waals surface area contributed by atoms with Crippen molar-refractivity contribution in [1.82, 2.24) is 10.0 Å². The molecule has 1 aromatic rings. The highest BCUT2D eigenvalue weighted by Gasteiger charge is 2.16. The lowest BCUT2D eigenvalue weighted by atomic mass is 10.2. The molecule has 0 radical (unpaired) electrons. The third-order valence-electron chi connectivity index (χ3n) is 2.49. The molecule has 0 aliphatic carbocycles. The van der Waals surface area contributed by atoms with Crippen LogP contribution in [0.2, 0.25) is 0 Å². The zero-order valence-corrected chi connectivity index (χ0v) is 12.6. The summed E-state index contributed by atoms with van der Waals surface area (Å²) in [5, 5.41) is 11.7. The monoisotopic (exact) mass is 303 g/mol. The van der Waals surface area contributed by atoms with Crippen LogP contribution in [-0.2, 0) is 10.0 Å². The van der Waals surface area contributed by atoms with Crippen molar-refractivity contribution >= 4 is 22.4 Å². The first-order chi connectivity index (χ1) is 8.51. The summed E-state index contributed by atoms with van der Waals surface area (Å²) in [5.41, 5.74) is 1.04. The second-order valence-electron chi connectivity index (χ2n) is 3.95. The maximum Gasteiger partial charge on any atom is 0.240 e. The molecule has 0 saturated heterocycles.